The largest absolute Gasteiger partial charge is 0.463 e. The van der Waals surface area contributed by atoms with Crippen molar-refractivity contribution >= 4 is 20.2 Å². The molecule has 1 saturated heterocycles. The molecular weight excluding hydrogens is 286 g/mol. The van der Waals surface area contributed by atoms with Crippen LogP contribution in [0.25, 0.3) is 0 Å². The van der Waals surface area contributed by atoms with E-state index in [2.05, 4.69) is 39.2 Å². The number of ether oxygens (including phenoxy) is 1. The van der Waals surface area contributed by atoms with Crippen LogP contribution in [0, 0.1) is 5.92 Å². The summed E-state index contributed by atoms with van der Waals surface area (Å²) >= 11 is 0. The van der Waals surface area contributed by atoms with Gasteiger partial charge in [-0.2, -0.15) is 0 Å². The Morgan fingerprint density at radius 1 is 1.43 bits per heavy atom. The highest BCUT2D eigenvalue weighted by Crippen LogP contribution is 2.39. The van der Waals surface area contributed by atoms with E-state index in [-0.39, 0.29) is 17.0 Å². The molecule has 5 nitrogen and oxygen atoms in total. The number of carbonyl (C=O) groups is 2. The maximum Gasteiger partial charge on any atom is 0.332 e. The Morgan fingerprint density at radius 2 is 2.00 bits per heavy atom. The van der Waals surface area contributed by atoms with Crippen molar-refractivity contribution in [2.24, 2.45) is 5.92 Å². The van der Waals surface area contributed by atoms with E-state index in [1.165, 1.54) is 6.08 Å². The van der Waals surface area contributed by atoms with Gasteiger partial charge in [0.1, 0.15) is 5.92 Å². The SMILES string of the molecule is CCOC(=O)/C=C1/NC(=O)[C@@H]1[C@@H](C)O[Si](C)(C)C(C)(C)C. The highest BCUT2D eigenvalue weighted by Gasteiger charge is 2.45. The lowest BCUT2D eigenvalue weighted by Gasteiger charge is -2.42. The Bertz CT molecular complexity index is 451. The molecule has 21 heavy (non-hydrogen) atoms. The van der Waals surface area contributed by atoms with Crippen LogP contribution >= 0.6 is 0 Å². The Kier molecular flexibility index (Phi) is 5.39. The lowest BCUT2D eigenvalue weighted by atomic mass is 9.91. The first-order valence-corrected chi connectivity index (χ1v) is 10.3. The average Bonchev–Trinajstić information content (AvgIpc) is 2.25. The number of nitrogens with one attached hydrogen (secondary N) is 1. The van der Waals surface area contributed by atoms with Gasteiger partial charge in [0.15, 0.2) is 8.32 Å². The lowest BCUT2D eigenvalue weighted by molar-refractivity contribution is -0.137. The third kappa shape index (κ3) is 4.17. The van der Waals surface area contributed by atoms with E-state index in [1.54, 1.807) is 6.92 Å². The summed E-state index contributed by atoms with van der Waals surface area (Å²) in [6, 6.07) is 0. The quantitative estimate of drug-likeness (QED) is 0.367. The average molecular weight is 313 g/mol. The minimum absolute atomic E-state index is 0.0759. The monoisotopic (exact) mass is 313 g/mol. The molecule has 0 radical (unpaired) electrons. The molecule has 1 aliphatic rings. The van der Waals surface area contributed by atoms with Crippen molar-refractivity contribution in [2.45, 2.75) is 58.9 Å². The fraction of sp³-hybridized carbons (Fsp3) is 0.733. The molecule has 1 rings (SSSR count). The van der Waals surface area contributed by atoms with E-state index >= 15 is 0 Å². The number of amides is 1. The van der Waals surface area contributed by atoms with Gasteiger partial charge in [0.05, 0.1) is 12.7 Å². The van der Waals surface area contributed by atoms with Crippen LogP contribution in [0.1, 0.15) is 34.6 Å². The first-order chi connectivity index (χ1) is 9.49. The number of hydrogen-bond donors (Lipinski definition) is 1. The number of esters is 1. The van der Waals surface area contributed by atoms with Gasteiger partial charge in [-0.25, -0.2) is 4.79 Å². The second kappa shape index (κ2) is 6.32. The second-order valence-corrected chi connectivity index (χ2v) is 11.7. The van der Waals surface area contributed by atoms with Gasteiger partial charge >= 0.3 is 5.97 Å². The zero-order chi connectivity index (χ0) is 16.4. The molecule has 1 aliphatic heterocycles. The smallest absolute Gasteiger partial charge is 0.332 e. The van der Waals surface area contributed by atoms with Crippen LogP contribution < -0.4 is 5.32 Å². The van der Waals surface area contributed by atoms with Crippen molar-refractivity contribution in [2.75, 3.05) is 6.61 Å². The van der Waals surface area contributed by atoms with Crippen LogP contribution in [0.5, 0.6) is 0 Å². The van der Waals surface area contributed by atoms with E-state index in [4.69, 9.17) is 9.16 Å². The van der Waals surface area contributed by atoms with Gasteiger partial charge in [-0.3, -0.25) is 4.79 Å². The molecule has 0 spiro atoms. The Hall–Kier alpha value is -1.14. The third-order valence-electron chi connectivity index (χ3n) is 4.20. The fourth-order valence-corrected chi connectivity index (χ4v) is 3.39. The second-order valence-electron chi connectivity index (χ2n) is 6.90. The van der Waals surface area contributed by atoms with Crippen molar-refractivity contribution in [3.05, 3.63) is 11.8 Å². The molecule has 0 aromatic carbocycles. The highest BCUT2D eigenvalue weighted by atomic mass is 28.4. The summed E-state index contributed by atoms with van der Waals surface area (Å²) in [6.07, 6.45) is 1.10. The Balaban J connectivity index is 2.79. The molecule has 120 valence electrons. The molecule has 1 heterocycles. The van der Waals surface area contributed by atoms with E-state index in [0.29, 0.717) is 12.3 Å². The van der Waals surface area contributed by atoms with Crippen molar-refractivity contribution in [3.8, 4) is 0 Å². The summed E-state index contributed by atoms with van der Waals surface area (Å²) in [6.45, 7) is 14.7. The Labute approximate surface area is 128 Å². The van der Waals surface area contributed by atoms with Crippen LogP contribution in [0.4, 0.5) is 0 Å². The molecule has 0 bridgehead atoms. The Morgan fingerprint density at radius 3 is 2.43 bits per heavy atom. The van der Waals surface area contributed by atoms with Gasteiger partial charge in [0, 0.05) is 11.8 Å². The normalized spacial score (nSPS) is 22.5. The van der Waals surface area contributed by atoms with E-state index in [0.717, 1.165) is 0 Å². The molecule has 1 amide bonds. The molecule has 0 aromatic rings. The van der Waals surface area contributed by atoms with Crippen LogP contribution in [0.2, 0.25) is 18.1 Å². The minimum atomic E-state index is -1.95. The maximum atomic E-state index is 11.8. The van der Waals surface area contributed by atoms with Crippen LogP contribution in [0.3, 0.4) is 0 Å². The van der Waals surface area contributed by atoms with Gasteiger partial charge < -0.3 is 14.5 Å². The van der Waals surface area contributed by atoms with Gasteiger partial charge in [-0.15, -0.1) is 0 Å². The summed E-state index contributed by atoms with van der Waals surface area (Å²) in [7, 11) is -1.95. The molecule has 1 N–H and O–H groups in total. The molecule has 0 aliphatic carbocycles. The summed E-state index contributed by atoms with van der Waals surface area (Å²) < 4.78 is 11.1. The predicted octanol–water partition coefficient (Wildman–Crippen LogP) is 2.59. The predicted molar refractivity (Wildman–Crippen MR) is 84.1 cm³/mol. The zero-order valence-corrected chi connectivity index (χ0v) is 15.1. The molecule has 0 unspecified atom stereocenters. The number of carbonyl (C=O) groups excluding carboxylic acids is 2. The maximum absolute atomic E-state index is 11.8. The first kappa shape index (κ1) is 17.9. The molecule has 0 aromatic heterocycles. The number of hydrogen-bond acceptors (Lipinski definition) is 4. The molecular formula is C15H27NO4Si. The van der Waals surface area contributed by atoms with Gasteiger partial charge in [0.2, 0.25) is 5.91 Å². The third-order valence-corrected chi connectivity index (χ3v) is 8.77. The summed E-state index contributed by atoms with van der Waals surface area (Å²) in [4.78, 5) is 23.3. The van der Waals surface area contributed by atoms with Crippen LogP contribution in [-0.4, -0.2) is 32.9 Å². The van der Waals surface area contributed by atoms with Crippen molar-refractivity contribution in [1.82, 2.24) is 5.32 Å². The molecule has 2 atom stereocenters. The van der Waals surface area contributed by atoms with Crippen LogP contribution in [-0.2, 0) is 18.8 Å². The van der Waals surface area contributed by atoms with Crippen molar-refractivity contribution in [3.63, 3.8) is 0 Å². The summed E-state index contributed by atoms with van der Waals surface area (Å²) in [5.74, 6) is -0.933. The minimum Gasteiger partial charge on any atom is -0.463 e. The van der Waals surface area contributed by atoms with E-state index in [1.807, 2.05) is 6.92 Å². The topological polar surface area (TPSA) is 64.6 Å². The molecule has 0 saturated carbocycles. The first-order valence-electron chi connectivity index (χ1n) is 7.36. The van der Waals surface area contributed by atoms with E-state index < -0.39 is 20.2 Å². The molecule has 1 fully saturated rings. The van der Waals surface area contributed by atoms with Crippen molar-refractivity contribution < 1.29 is 18.8 Å². The lowest BCUT2D eigenvalue weighted by Crippen LogP contribution is -2.55. The highest BCUT2D eigenvalue weighted by molar-refractivity contribution is 6.74. The van der Waals surface area contributed by atoms with Crippen molar-refractivity contribution in [1.29, 1.82) is 0 Å². The number of rotatable bonds is 5. The van der Waals surface area contributed by atoms with Crippen LogP contribution in [0.15, 0.2) is 11.8 Å². The summed E-state index contributed by atoms with van der Waals surface area (Å²) in [5.41, 5.74) is 0.588. The zero-order valence-electron chi connectivity index (χ0n) is 14.1. The van der Waals surface area contributed by atoms with E-state index in [9.17, 15) is 9.59 Å². The van der Waals surface area contributed by atoms with Gasteiger partial charge in [0.25, 0.3) is 0 Å². The number of β-lactam (4-membered cyclic amide) rings is 1. The fourth-order valence-electron chi connectivity index (χ4n) is 1.97. The van der Waals surface area contributed by atoms with Gasteiger partial charge in [-0.05, 0) is 32.0 Å². The molecule has 6 heteroatoms. The summed E-state index contributed by atoms with van der Waals surface area (Å²) in [5, 5.41) is 2.72. The van der Waals surface area contributed by atoms with Gasteiger partial charge in [-0.1, -0.05) is 20.8 Å². The standard InChI is InChI=1S/C15H27NO4Si/c1-8-19-12(17)9-11-13(14(18)16-11)10(2)20-21(6,7)15(3,4)5/h9-10,13H,8H2,1-7H3,(H,16,18)/b11-9+/t10-,13-/m1/s1.